The number of nitrogens with zero attached hydrogens (tertiary/aromatic N) is 1. The Bertz CT molecular complexity index is 936. The molecule has 2 heterocycles. The number of H-pyrrole nitrogens is 1. The zero-order valence-electron chi connectivity index (χ0n) is 22.6. The Balaban J connectivity index is 1.08. The minimum atomic E-state index is 0.350. The summed E-state index contributed by atoms with van der Waals surface area (Å²) >= 11 is 1.89. The number of imidazole rings is 1. The van der Waals surface area contributed by atoms with E-state index < -0.39 is 0 Å². The third kappa shape index (κ3) is 13.6. The molecule has 0 unspecified atom stereocenters. The summed E-state index contributed by atoms with van der Waals surface area (Å²) in [7, 11) is 0. The van der Waals surface area contributed by atoms with Gasteiger partial charge in [-0.2, -0.15) is 0 Å². The van der Waals surface area contributed by atoms with E-state index in [1.165, 1.54) is 81.9 Å². The average Bonchev–Trinajstić information content (AvgIpc) is 3.62. The fourth-order valence-electron chi connectivity index (χ4n) is 4.73. The molecule has 1 aromatic carbocycles. The zero-order chi connectivity index (χ0) is 25.8. The lowest BCUT2D eigenvalue weighted by atomic mass is 10.0. The highest BCUT2D eigenvalue weighted by atomic mass is 32.1. The van der Waals surface area contributed by atoms with Crippen LogP contribution in [0, 0.1) is 0 Å². The van der Waals surface area contributed by atoms with Crippen LogP contribution in [0.5, 0.6) is 5.75 Å². The van der Waals surface area contributed by atoms with Gasteiger partial charge in [-0.3, -0.25) is 4.79 Å². The maximum atomic E-state index is 12.3. The second-order valence-corrected chi connectivity index (χ2v) is 11.2. The summed E-state index contributed by atoms with van der Waals surface area (Å²) < 4.78 is 5.81. The second-order valence-electron chi connectivity index (χ2n) is 10.2. The lowest BCUT2D eigenvalue weighted by Gasteiger charge is -2.07. The predicted octanol–water partition coefficient (Wildman–Crippen LogP) is 8.91. The Kier molecular flexibility index (Phi) is 14.8. The van der Waals surface area contributed by atoms with Crippen LogP contribution in [0.15, 0.2) is 54.3 Å². The second kappa shape index (κ2) is 18.8. The van der Waals surface area contributed by atoms with E-state index in [1.54, 1.807) is 6.33 Å². The SMILES string of the molecule is O=C(CCCCCCCCCCCCCCc1cccs1)Cc1ccc(OCCCc2c[nH]cn2)cc1. The first-order chi connectivity index (χ1) is 18.3. The molecule has 2 aromatic heterocycles. The molecule has 4 nitrogen and oxygen atoms in total. The number of carbonyl (C=O) groups is 1. The van der Waals surface area contributed by atoms with Gasteiger partial charge in [0.1, 0.15) is 11.5 Å². The molecule has 0 saturated carbocycles. The largest absolute Gasteiger partial charge is 0.494 e. The summed E-state index contributed by atoms with van der Waals surface area (Å²) in [6.45, 7) is 0.668. The number of unbranched alkanes of at least 4 members (excludes halogenated alkanes) is 11. The van der Waals surface area contributed by atoms with Crippen molar-refractivity contribution in [2.45, 2.75) is 109 Å². The van der Waals surface area contributed by atoms with Gasteiger partial charge in [0.25, 0.3) is 0 Å². The van der Waals surface area contributed by atoms with Crippen molar-refractivity contribution in [3.8, 4) is 5.75 Å². The first-order valence-electron chi connectivity index (χ1n) is 14.5. The molecule has 0 radical (unpaired) electrons. The van der Waals surface area contributed by atoms with E-state index in [4.69, 9.17) is 4.74 Å². The molecule has 5 heteroatoms. The molecule has 3 rings (SSSR count). The van der Waals surface area contributed by atoms with E-state index in [0.29, 0.717) is 25.2 Å². The fraction of sp³-hybridized carbons (Fsp3) is 0.562. The highest BCUT2D eigenvalue weighted by Crippen LogP contribution is 2.17. The molecule has 0 bridgehead atoms. The monoisotopic (exact) mass is 522 g/mol. The van der Waals surface area contributed by atoms with E-state index in [-0.39, 0.29) is 0 Å². The van der Waals surface area contributed by atoms with E-state index in [1.807, 2.05) is 41.8 Å². The van der Waals surface area contributed by atoms with E-state index in [2.05, 4.69) is 27.5 Å². The van der Waals surface area contributed by atoms with Crippen molar-refractivity contribution in [3.05, 3.63) is 70.4 Å². The normalized spacial score (nSPS) is 11.1. The van der Waals surface area contributed by atoms with E-state index in [9.17, 15) is 4.79 Å². The number of aromatic amines is 1. The van der Waals surface area contributed by atoms with E-state index >= 15 is 0 Å². The highest BCUT2D eigenvalue weighted by Gasteiger charge is 2.05. The smallest absolute Gasteiger partial charge is 0.137 e. The highest BCUT2D eigenvalue weighted by molar-refractivity contribution is 7.09. The van der Waals surface area contributed by atoms with Crippen LogP contribution in [0.3, 0.4) is 0 Å². The number of hydrogen-bond donors (Lipinski definition) is 1. The molecular weight excluding hydrogens is 476 g/mol. The lowest BCUT2D eigenvalue weighted by molar-refractivity contribution is -0.118. The molecule has 37 heavy (non-hydrogen) atoms. The van der Waals surface area contributed by atoms with Gasteiger partial charge in [0, 0.05) is 23.9 Å². The minimum absolute atomic E-state index is 0.350. The van der Waals surface area contributed by atoms with Gasteiger partial charge in [-0.25, -0.2) is 4.98 Å². The van der Waals surface area contributed by atoms with Crippen molar-refractivity contribution in [1.82, 2.24) is 9.97 Å². The van der Waals surface area contributed by atoms with Crippen molar-refractivity contribution in [3.63, 3.8) is 0 Å². The lowest BCUT2D eigenvalue weighted by Crippen LogP contribution is -2.03. The molecule has 0 aliphatic rings. The Morgan fingerprint density at radius 3 is 2.08 bits per heavy atom. The third-order valence-electron chi connectivity index (χ3n) is 6.93. The van der Waals surface area contributed by atoms with Gasteiger partial charge in [0.15, 0.2) is 0 Å². The van der Waals surface area contributed by atoms with Crippen LogP contribution >= 0.6 is 11.3 Å². The van der Waals surface area contributed by atoms with Crippen LogP contribution < -0.4 is 4.74 Å². The van der Waals surface area contributed by atoms with Crippen LogP contribution in [0.2, 0.25) is 0 Å². The van der Waals surface area contributed by atoms with Crippen LogP contribution in [0.4, 0.5) is 0 Å². The van der Waals surface area contributed by atoms with Crippen molar-refractivity contribution in [2.75, 3.05) is 6.61 Å². The Labute approximate surface area is 228 Å². The number of rotatable bonds is 22. The van der Waals surface area contributed by atoms with Crippen LogP contribution in [0.1, 0.15) is 106 Å². The molecular formula is C32H46N2O2S. The van der Waals surface area contributed by atoms with Crippen molar-refractivity contribution in [1.29, 1.82) is 0 Å². The first kappa shape index (κ1) is 29.2. The van der Waals surface area contributed by atoms with Gasteiger partial charge in [-0.15, -0.1) is 11.3 Å². The first-order valence-corrected chi connectivity index (χ1v) is 15.4. The molecule has 0 saturated heterocycles. The summed E-state index contributed by atoms with van der Waals surface area (Å²) in [6.07, 6.45) is 23.8. The van der Waals surface area contributed by atoms with E-state index in [0.717, 1.165) is 36.3 Å². The molecule has 0 atom stereocenters. The van der Waals surface area contributed by atoms with Crippen molar-refractivity contribution >= 4 is 17.1 Å². The Morgan fingerprint density at radius 2 is 1.46 bits per heavy atom. The number of ether oxygens (including phenoxy) is 1. The van der Waals surface area contributed by atoms with Gasteiger partial charge in [0.05, 0.1) is 18.6 Å². The van der Waals surface area contributed by atoms with Gasteiger partial charge in [0.2, 0.25) is 0 Å². The average molecular weight is 523 g/mol. The molecule has 0 aliphatic heterocycles. The number of hydrogen-bond acceptors (Lipinski definition) is 4. The standard InChI is InChI=1S/C32H46N2O2S/c35-30(25-28-19-21-31(22-20-28)36-23-13-15-29-26-33-27-34-29)16-11-9-7-5-3-1-2-4-6-8-10-12-17-32-18-14-24-37-32/h14,18-22,24,26-27H,1-13,15-17,23,25H2,(H,33,34). The summed E-state index contributed by atoms with van der Waals surface area (Å²) in [6, 6.07) is 12.4. The minimum Gasteiger partial charge on any atom is -0.494 e. The quantitative estimate of drug-likeness (QED) is 0.134. The maximum absolute atomic E-state index is 12.3. The molecule has 3 aromatic rings. The van der Waals surface area contributed by atoms with Gasteiger partial charge < -0.3 is 9.72 Å². The summed E-state index contributed by atoms with van der Waals surface area (Å²) in [4.78, 5) is 21.1. The molecule has 202 valence electrons. The van der Waals surface area contributed by atoms with Crippen LogP contribution in [-0.2, 0) is 24.1 Å². The third-order valence-corrected chi connectivity index (χ3v) is 7.87. The number of benzene rings is 1. The van der Waals surface area contributed by atoms with Crippen molar-refractivity contribution < 1.29 is 9.53 Å². The topological polar surface area (TPSA) is 55.0 Å². The predicted molar refractivity (Wildman–Crippen MR) is 156 cm³/mol. The van der Waals surface area contributed by atoms with Crippen LogP contribution in [-0.4, -0.2) is 22.4 Å². The number of ketones is 1. The Hall–Kier alpha value is -2.40. The molecule has 0 fully saturated rings. The van der Waals surface area contributed by atoms with Gasteiger partial charge in [-0.1, -0.05) is 82.4 Å². The maximum Gasteiger partial charge on any atom is 0.137 e. The molecule has 1 N–H and O–H groups in total. The molecule has 0 spiro atoms. The van der Waals surface area contributed by atoms with Gasteiger partial charge >= 0.3 is 0 Å². The number of nitrogens with one attached hydrogen (secondary N) is 1. The fourth-order valence-corrected chi connectivity index (χ4v) is 5.49. The summed E-state index contributed by atoms with van der Waals surface area (Å²) in [5.41, 5.74) is 2.14. The number of aryl methyl sites for hydroxylation is 2. The number of aromatic nitrogens is 2. The number of Topliss-reactive ketones (excluding diaryl/α,β-unsaturated/α-hetero) is 1. The molecule has 0 aliphatic carbocycles. The Morgan fingerprint density at radius 1 is 0.784 bits per heavy atom. The number of carbonyl (C=O) groups excluding carboxylic acids is 1. The van der Waals surface area contributed by atoms with Gasteiger partial charge in [-0.05, 0) is 61.2 Å². The summed E-state index contributed by atoms with van der Waals surface area (Å²) in [5.74, 6) is 1.21. The molecule has 0 amide bonds. The summed E-state index contributed by atoms with van der Waals surface area (Å²) in [5, 5.41) is 2.18. The van der Waals surface area contributed by atoms with Crippen LogP contribution in [0.25, 0.3) is 0 Å². The van der Waals surface area contributed by atoms with Crippen molar-refractivity contribution in [2.24, 2.45) is 0 Å². The zero-order valence-corrected chi connectivity index (χ0v) is 23.4. The number of thiophene rings is 1.